The summed E-state index contributed by atoms with van der Waals surface area (Å²) in [5.74, 6) is 1.61. The van der Waals surface area contributed by atoms with Crippen LogP contribution >= 0.6 is 0 Å². The van der Waals surface area contributed by atoms with Crippen LogP contribution in [-0.2, 0) is 5.41 Å². The SMILES string of the molecule is CC(C)c1cccc(C(C)C)c1/N=C/c1cc(C(C)(C)C)cc(/C=N/c2c(C(C)C)cccc2C(C)C)c1O. The van der Waals surface area contributed by atoms with Gasteiger partial charge in [-0.15, -0.1) is 0 Å². The van der Waals surface area contributed by atoms with Gasteiger partial charge >= 0.3 is 0 Å². The first-order valence-corrected chi connectivity index (χ1v) is 14.4. The normalized spacial score (nSPS) is 12.8. The van der Waals surface area contributed by atoms with Crippen LogP contribution in [0.15, 0.2) is 58.5 Å². The van der Waals surface area contributed by atoms with Gasteiger partial charge in [-0.1, -0.05) is 113 Å². The zero-order valence-corrected chi connectivity index (χ0v) is 25.9. The summed E-state index contributed by atoms with van der Waals surface area (Å²) in [4.78, 5) is 10.0. The van der Waals surface area contributed by atoms with E-state index in [0.29, 0.717) is 34.8 Å². The van der Waals surface area contributed by atoms with Crippen LogP contribution in [0.3, 0.4) is 0 Å². The predicted molar refractivity (Wildman–Crippen MR) is 171 cm³/mol. The van der Waals surface area contributed by atoms with Crippen molar-refractivity contribution in [3.8, 4) is 5.75 Å². The fourth-order valence-corrected chi connectivity index (χ4v) is 4.90. The first-order chi connectivity index (χ1) is 18.2. The summed E-state index contributed by atoms with van der Waals surface area (Å²) in [6.45, 7) is 24.2. The molecule has 0 bridgehead atoms. The van der Waals surface area contributed by atoms with Gasteiger partial charge in [-0.2, -0.15) is 0 Å². The van der Waals surface area contributed by atoms with E-state index in [1.54, 1.807) is 0 Å². The van der Waals surface area contributed by atoms with E-state index in [2.05, 4.69) is 125 Å². The van der Waals surface area contributed by atoms with Crippen molar-refractivity contribution >= 4 is 23.8 Å². The van der Waals surface area contributed by atoms with Crippen molar-refractivity contribution in [1.82, 2.24) is 0 Å². The Balaban J connectivity index is 2.20. The largest absolute Gasteiger partial charge is 0.507 e. The standard InChI is InChI=1S/C36H48N2O/c1-22(2)29-14-12-15-30(23(3)4)33(29)37-20-26-18-28(36(9,10)11)19-27(35(26)39)21-38-34-31(24(5)6)16-13-17-32(34)25(7)8/h12-25,39H,1-11H3/b37-20+,38-21+. The molecule has 0 spiro atoms. The molecule has 3 heteroatoms. The fraction of sp³-hybridized carbons (Fsp3) is 0.444. The van der Waals surface area contributed by atoms with E-state index in [1.165, 1.54) is 22.3 Å². The predicted octanol–water partition coefficient (Wildman–Crippen LogP) is 10.7. The Hall–Kier alpha value is -3.20. The van der Waals surface area contributed by atoms with Crippen molar-refractivity contribution in [2.75, 3.05) is 0 Å². The van der Waals surface area contributed by atoms with Gasteiger partial charge in [0.2, 0.25) is 0 Å². The average Bonchev–Trinajstić information content (AvgIpc) is 2.85. The van der Waals surface area contributed by atoms with Gasteiger partial charge in [0.15, 0.2) is 0 Å². The third-order valence-electron chi connectivity index (χ3n) is 7.39. The Morgan fingerprint density at radius 3 is 1.15 bits per heavy atom. The third-order valence-corrected chi connectivity index (χ3v) is 7.39. The summed E-state index contributed by atoms with van der Waals surface area (Å²) in [5.41, 5.74) is 9.33. The van der Waals surface area contributed by atoms with Crippen molar-refractivity contribution < 1.29 is 5.11 Å². The minimum Gasteiger partial charge on any atom is -0.507 e. The van der Waals surface area contributed by atoms with Gasteiger partial charge in [-0.3, -0.25) is 9.98 Å². The van der Waals surface area contributed by atoms with Crippen LogP contribution < -0.4 is 0 Å². The van der Waals surface area contributed by atoms with E-state index in [0.717, 1.165) is 16.9 Å². The molecule has 0 aromatic heterocycles. The number of phenols is 1. The van der Waals surface area contributed by atoms with Crippen molar-refractivity contribution in [2.45, 2.75) is 105 Å². The molecule has 1 N–H and O–H groups in total. The number of aliphatic imine (C=N–C) groups is 2. The van der Waals surface area contributed by atoms with Crippen LogP contribution in [0.2, 0.25) is 0 Å². The monoisotopic (exact) mass is 524 g/mol. The fourth-order valence-electron chi connectivity index (χ4n) is 4.90. The first kappa shape index (κ1) is 30.3. The first-order valence-electron chi connectivity index (χ1n) is 14.4. The van der Waals surface area contributed by atoms with Crippen LogP contribution in [0.5, 0.6) is 5.75 Å². The number of hydrogen-bond acceptors (Lipinski definition) is 3. The number of rotatable bonds is 8. The molecule has 0 aliphatic rings. The highest BCUT2D eigenvalue weighted by atomic mass is 16.3. The summed E-state index contributed by atoms with van der Waals surface area (Å²) in [5, 5.41) is 11.5. The highest BCUT2D eigenvalue weighted by Crippen LogP contribution is 2.37. The van der Waals surface area contributed by atoms with Gasteiger partial charge in [0.05, 0.1) is 11.4 Å². The Bertz CT molecular complexity index is 1200. The molecule has 3 rings (SSSR count). The molecule has 3 aromatic rings. The third kappa shape index (κ3) is 7.06. The molecular formula is C36H48N2O. The van der Waals surface area contributed by atoms with Crippen LogP contribution in [0.1, 0.15) is 139 Å². The molecule has 0 atom stereocenters. The number of nitrogens with zero attached hydrogens (tertiary/aromatic N) is 2. The lowest BCUT2D eigenvalue weighted by molar-refractivity contribution is 0.472. The zero-order chi connectivity index (χ0) is 29.1. The van der Waals surface area contributed by atoms with Gasteiger partial charge in [-0.25, -0.2) is 0 Å². The number of aromatic hydroxyl groups is 1. The van der Waals surface area contributed by atoms with Gasteiger partial charge in [0, 0.05) is 23.6 Å². The smallest absolute Gasteiger partial charge is 0.133 e. The lowest BCUT2D eigenvalue weighted by atomic mass is 9.85. The Kier molecular flexibility index (Phi) is 9.59. The maximum atomic E-state index is 11.5. The molecule has 208 valence electrons. The van der Waals surface area contributed by atoms with E-state index in [9.17, 15) is 5.11 Å². The molecule has 0 amide bonds. The van der Waals surface area contributed by atoms with Gasteiger partial charge in [0.1, 0.15) is 5.75 Å². The van der Waals surface area contributed by atoms with Crippen LogP contribution in [-0.4, -0.2) is 17.5 Å². The van der Waals surface area contributed by atoms with E-state index in [1.807, 2.05) is 12.4 Å². The number of hydrogen-bond donors (Lipinski definition) is 1. The summed E-state index contributed by atoms with van der Waals surface area (Å²) < 4.78 is 0. The van der Waals surface area contributed by atoms with Crippen molar-refractivity contribution in [3.05, 3.63) is 87.5 Å². The van der Waals surface area contributed by atoms with Crippen LogP contribution in [0, 0.1) is 0 Å². The number of phenolic OH excluding ortho intramolecular Hbond substituents is 1. The highest BCUT2D eigenvalue weighted by molar-refractivity contribution is 5.94. The Morgan fingerprint density at radius 1 is 0.590 bits per heavy atom. The van der Waals surface area contributed by atoms with Crippen molar-refractivity contribution in [2.24, 2.45) is 9.98 Å². The summed E-state index contributed by atoms with van der Waals surface area (Å²) in [6, 6.07) is 17.0. The molecule has 0 saturated carbocycles. The molecular weight excluding hydrogens is 476 g/mol. The lowest BCUT2D eigenvalue weighted by Crippen LogP contribution is -2.12. The van der Waals surface area contributed by atoms with Gasteiger partial charge in [-0.05, 0) is 69.0 Å². The van der Waals surface area contributed by atoms with E-state index >= 15 is 0 Å². The molecule has 0 aliphatic carbocycles. The van der Waals surface area contributed by atoms with Gasteiger partial charge < -0.3 is 5.11 Å². The molecule has 0 saturated heterocycles. The maximum absolute atomic E-state index is 11.5. The van der Waals surface area contributed by atoms with E-state index in [-0.39, 0.29) is 11.2 Å². The minimum absolute atomic E-state index is 0.100. The number of benzene rings is 3. The summed E-state index contributed by atoms with van der Waals surface area (Å²) in [7, 11) is 0. The van der Waals surface area contributed by atoms with Crippen molar-refractivity contribution in [1.29, 1.82) is 0 Å². The average molecular weight is 525 g/mol. The van der Waals surface area contributed by atoms with Crippen molar-refractivity contribution in [3.63, 3.8) is 0 Å². The molecule has 0 aliphatic heterocycles. The second-order valence-corrected chi connectivity index (χ2v) is 13.0. The maximum Gasteiger partial charge on any atom is 0.133 e. The number of para-hydroxylation sites is 2. The van der Waals surface area contributed by atoms with Crippen LogP contribution in [0.4, 0.5) is 11.4 Å². The summed E-state index contributed by atoms with van der Waals surface area (Å²) >= 11 is 0. The zero-order valence-electron chi connectivity index (χ0n) is 25.9. The highest BCUT2D eigenvalue weighted by Gasteiger charge is 2.19. The quantitative estimate of drug-likeness (QED) is 0.293. The van der Waals surface area contributed by atoms with Gasteiger partial charge in [0.25, 0.3) is 0 Å². The Labute approximate surface area is 237 Å². The topological polar surface area (TPSA) is 45.0 Å². The van der Waals surface area contributed by atoms with E-state index < -0.39 is 0 Å². The second kappa shape index (κ2) is 12.3. The molecule has 0 unspecified atom stereocenters. The molecule has 0 heterocycles. The molecule has 3 aromatic carbocycles. The molecule has 3 nitrogen and oxygen atoms in total. The molecule has 0 fully saturated rings. The Morgan fingerprint density at radius 2 is 0.897 bits per heavy atom. The van der Waals surface area contributed by atoms with E-state index in [4.69, 9.17) is 9.98 Å². The summed E-state index contributed by atoms with van der Waals surface area (Å²) in [6.07, 6.45) is 3.66. The molecule has 0 radical (unpaired) electrons. The molecule has 39 heavy (non-hydrogen) atoms. The second-order valence-electron chi connectivity index (χ2n) is 13.0. The minimum atomic E-state index is -0.100. The van der Waals surface area contributed by atoms with Crippen LogP contribution in [0.25, 0.3) is 0 Å². The lowest BCUT2D eigenvalue weighted by Gasteiger charge is -2.21.